The van der Waals surface area contributed by atoms with Crippen LogP contribution in [0.3, 0.4) is 0 Å². The Morgan fingerprint density at radius 1 is 1.14 bits per heavy atom. The van der Waals surface area contributed by atoms with Crippen LogP contribution in [0.2, 0.25) is 5.02 Å². The molecule has 0 aliphatic carbocycles. The van der Waals surface area contributed by atoms with Crippen LogP contribution >= 0.6 is 11.6 Å². The maximum absolute atomic E-state index is 14.1. The largest absolute Gasteiger partial charge is 0.478 e. The summed E-state index contributed by atoms with van der Waals surface area (Å²) < 4.78 is 27.3. The molecule has 0 radical (unpaired) electrons. The molecule has 0 spiro atoms. The van der Waals surface area contributed by atoms with Gasteiger partial charge < -0.3 is 5.11 Å². The molecule has 0 atom stereocenters. The molecule has 0 saturated heterocycles. The van der Waals surface area contributed by atoms with Crippen molar-refractivity contribution < 1.29 is 18.7 Å². The summed E-state index contributed by atoms with van der Waals surface area (Å²) >= 11 is 5.96. The third kappa shape index (κ3) is 2.40. The van der Waals surface area contributed by atoms with Crippen molar-refractivity contribution in [3.63, 3.8) is 0 Å². The number of aromatic nitrogens is 1. The molecular weight excluding hydrogens is 312 g/mol. The minimum Gasteiger partial charge on any atom is -0.478 e. The molecule has 2 aromatic carbocycles. The number of rotatable bonds is 2. The lowest BCUT2D eigenvalue weighted by Crippen LogP contribution is -1.97. The van der Waals surface area contributed by atoms with Crippen molar-refractivity contribution >= 4 is 28.5 Å². The molecule has 0 aliphatic heterocycles. The molecule has 0 bridgehead atoms. The molecule has 22 heavy (non-hydrogen) atoms. The molecule has 110 valence electrons. The highest BCUT2D eigenvalue weighted by atomic mass is 35.5. The fourth-order valence-electron chi connectivity index (χ4n) is 2.30. The summed E-state index contributed by atoms with van der Waals surface area (Å²) in [6.07, 6.45) is 1.46. The van der Waals surface area contributed by atoms with Crippen molar-refractivity contribution in [1.29, 1.82) is 0 Å². The summed E-state index contributed by atoms with van der Waals surface area (Å²) in [5.41, 5.74) is 0.899. The Kier molecular flexibility index (Phi) is 3.50. The summed E-state index contributed by atoms with van der Waals surface area (Å²) in [6.45, 7) is 0. The van der Waals surface area contributed by atoms with Gasteiger partial charge in [0.2, 0.25) is 0 Å². The van der Waals surface area contributed by atoms with Crippen LogP contribution in [0.15, 0.2) is 42.6 Å². The molecule has 0 fully saturated rings. The van der Waals surface area contributed by atoms with E-state index in [0.717, 1.165) is 12.1 Å². The number of hydrogen-bond donors (Lipinski definition) is 1. The fourth-order valence-corrected chi connectivity index (χ4v) is 2.59. The van der Waals surface area contributed by atoms with Gasteiger partial charge in [0, 0.05) is 23.2 Å². The van der Waals surface area contributed by atoms with Gasteiger partial charge in [0.1, 0.15) is 11.6 Å². The number of carboxylic acids is 1. The normalized spacial score (nSPS) is 10.9. The van der Waals surface area contributed by atoms with Gasteiger partial charge in [-0.15, -0.1) is 0 Å². The molecule has 0 aliphatic rings. The molecule has 0 amide bonds. The van der Waals surface area contributed by atoms with Crippen LogP contribution in [0.25, 0.3) is 22.0 Å². The van der Waals surface area contributed by atoms with Gasteiger partial charge in [-0.05, 0) is 35.9 Å². The molecule has 1 N–H and O–H groups in total. The number of carbonyl (C=O) groups is 1. The van der Waals surface area contributed by atoms with Crippen molar-refractivity contribution in [2.24, 2.45) is 0 Å². The van der Waals surface area contributed by atoms with E-state index in [1.807, 2.05) is 0 Å². The molecule has 3 aromatic rings. The lowest BCUT2D eigenvalue weighted by atomic mass is 9.99. The second-order valence-electron chi connectivity index (χ2n) is 4.64. The van der Waals surface area contributed by atoms with E-state index in [1.54, 1.807) is 0 Å². The van der Waals surface area contributed by atoms with Crippen molar-refractivity contribution in [2.45, 2.75) is 0 Å². The fraction of sp³-hybridized carbons (Fsp3) is 0. The van der Waals surface area contributed by atoms with Crippen LogP contribution in [0, 0.1) is 11.6 Å². The minimum absolute atomic E-state index is 0.0120. The standard InChI is InChI=1S/C16H8ClF2NO2/c17-12-6-9(18)7-13(19)15(12)10-3-4-20-14-2-1-8(16(21)22)5-11(10)14/h1-7H,(H,21,22). The van der Waals surface area contributed by atoms with Gasteiger partial charge in [-0.25, -0.2) is 13.6 Å². The van der Waals surface area contributed by atoms with Crippen molar-refractivity contribution in [3.05, 3.63) is 64.8 Å². The minimum atomic E-state index is -1.11. The summed E-state index contributed by atoms with van der Waals surface area (Å²) in [5, 5.41) is 9.42. The SMILES string of the molecule is O=C(O)c1ccc2nccc(-c3c(F)cc(F)cc3Cl)c2c1. The van der Waals surface area contributed by atoms with E-state index in [0.29, 0.717) is 16.5 Å². The molecule has 3 rings (SSSR count). The molecule has 0 saturated carbocycles. The molecule has 1 heterocycles. The maximum atomic E-state index is 14.1. The zero-order valence-electron chi connectivity index (χ0n) is 11.0. The van der Waals surface area contributed by atoms with Gasteiger partial charge >= 0.3 is 5.97 Å². The summed E-state index contributed by atoms with van der Waals surface area (Å²) in [7, 11) is 0. The van der Waals surface area contributed by atoms with Crippen LogP contribution in [-0.2, 0) is 0 Å². The van der Waals surface area contributed by atoms with E-state index in [1.165, 1.54) is 30.5 Å². The first-order chi connectivity index (χ1) is 10.5. The number of benzene rings is 2. The Bertz CT molecular complexity index is 889. The molecule has 1 aromatic heterocycles. The number of nitrogens with zero attached hydrogens (tertiary/aromatic N) is 1. The monoisotopic (exact) mass is 319 g/mol. The third-order valence-corrected chi connectivity index (χ3v) is 3.56. The number of pyridine rings is 1. The molecular formula is C16H8ClF2NO2. The molecule has 3 nitrogen and oxygen atoms in total. The van der Waals surface area contributed by atoms with E-state index >= 15 is 0 Å². The summed E-state index contributed by atoms with van der Waals surface area (Å²) in [4.78, 5) is 15.2. The zero-order chi connectivity index (χ0) is 15.9. The second kappa shape index (κ2) is 5.35. The number of fused-ring (bicyclic) bond motifs is 1. The summed E-state index contributed by atoms with van der Waals surface area (Å²) in [6, 6.07) is 7.57. The van der Waals surface area contributed by atoms with Gasteiger partial charge in [0.25, 0.3) is 0 Å². The van der Waals surface area contributed by atoms with Crippen LogP contribution in [0.5, 0.6) is 0 Å². The summed E-state index contributed by atoms with van der Waals surface area (Å²) in [5.74, 6) is -2.71. The first-order valence-corrected chi connectivity index (χ1v) is 6.62. The Morgan fingerprint density at radius 3 is 2.59 bits per heavy atom. The highest BCUT2D eigenvalue weighted by Crippen LogP contribution is 2.35. The Hall–Kier alpha value is -2.53. The second-order valence-corrected chi connectivity index (χ2v) is 5.05. The Labute approximate surface area is 128 Å². The average Bonchev–Trinajstić information content (AvgIpc) is 2.45. The van der Waals surface area contributed by atoms with Gasteiger partial charge in [0.05, 0.1) is 16.1 Å². The van der Waals surface area contributed by atoms with Crippen LogP contribution < -0.4 is 0 Å². The van der Waals surface area contributed by atoms with E-state index in [4.69, 9.17) is 16.7 Å². The first-order valence-electron chi connectivity index (χ1n) is 6.24. The van der Waals surface area contributed by atoms with Gasteiger partial charge in [-0.2, -0.15) is 0 Å². The van der Waals surface area contributed by atoms with E-state index in [9.17, 15) is 13.6 Å². The van der Waals surface area contributed by atoms with Gasteiger partial charge in [0.15, 0.2) is 0 Å². The van der Waals surface area contributed by atoms with Gasteiger partial charge in [-0.1, -0.05) is 11.6 Å². The van der Waals surface area contributed by atoms with E-state index in [-0.39, 0.29) is 16.1 Å². The highest BCUT2D eigenvalue weighted by molar-refractivity contribution is 6.33. The lowest BCUT2D eigenvalue weighted by molar-refractivity contribution is 0.0697. The van der Waals surface area contributed by atoms with Crippen molar-refractivity contribution in [1.82, 2.24) is 4.98 Å². The van der Waals surface area contributed by atoms with Crippen LogP contribution in [0.4, 0.5) is 8.78 Å². The third-order valence-electron chi connectivity index (χ3n) is 3.26. The number of carboxylic acid groups (broad SMARTS) is 1. The average molecular weight is 320 g/mol. The van der Waals surface area contributed by atoms with E-state index in [2.05, 4.69) is 4.98 Å². The topological polar surface area (TPSA) is 50.2 Å². The van der Waals surface area contributed by atoms with E-state index < -0.39 is 17.6 Å². The number of hydrogen-bond acceptors (Lipinski definition) is 2. The lowest BCUT2D eigenvalue weighted by Gasteiger charge is -2.10. The molecule has 0 unspecified atom stereocenters. The van der Waals surface area contributed by atoms with Crippen LogP contribution in [-0.4, -0.2) is 16.1 Å². The maximum Gasteiger partial charge on any atom is 0.335 e. The Balaban J connectivity index is 2.36. The predicted octanol–water partition coefficient (Wildman–Crippen LogP) is 4.53. The quantitative estimate of drug-likeness (QED) is 0.755. The van der Waals surface area contributed by atoms with Crippen LogP contribution in [0.1, 0.15) is 10.4 Å². The zero-order valence-corrected chi connectivity index (χ0v) is 11.7. The smallest absolute Gasteiger partial charge is 0.335 e. The first kappa shape index (κ1) is 14.4. The number of halogens is 3. The van der Waals surface area contributed by atoms with Crippen molar-refractivity contribution in [3.8, 4) is 11.1 Å². The molecule has 6 heteroatoms. The number of aromatic carboxylic acids is 1. The predicted molar refractivity (Wildman–Crippen MR) is 79.1 cm³/mol. The van der Waals surface area contributed by atoms with Crippen molar-refractivity contribution in [2.75, 3.05) is 0 Å². The Morgan fingerprint density at radius 2 is 1.91 bits per heavy atom. The highest BCUT2D eigenvalue weighted by Gasteiger charge is 2.16. The van der Waals surface area contributed by atoms with Gasteiger partial charge in [-0.3, -0.25) is 4.98 Å².